The number of rotatable bonds is 6. The number of piperidine rings is 1. The number of fused-ring (bicyclic) bond motifs is 2. The van der Waals surface area contributed by atoms with E-state index in [1.54, 1.807) is 24.3 Å². The van der Waals surface area contributed by atoms with Gasteiger partial charge >= 0.3 is 103 Å². The van der Waals surface area contributed by atoms with Crippen molar-refractivity contribution >= 4 is 24.0 Å². The van der Waals surface area contributed by atoms with Crippen LogP contribution in [0, 0.1) is 0 Å². The van der Waals surface area contributed by atoms with Crippen LogP contribution in [0.5, 0.6) is 23.0 Å². The van der Waals surface area contributed by atoms with E-state index in [0.717, 1.165) is 60.4 Å². The number of amides is 1. The fraction of sp³-hybridized carbons (Fsp3) is 0.241. The molecule has 0 radical (unpaired) electrons. The number of likely N-dealkylation sites (tertiary alicyclic amines) is 1. The maximum Gasteiger partial charge on any atom is 1.00 e. The van der Waals surface area contributed by atoms with Gasteiger partial charge in [0.2, 0.25) is 19.5 Å². The van der Waals surface area contributed by atoms with Gasteiger partial charge in [0.1, 0.15) is 0 Å². The molecule has 0 aliphatic carbocycles. The van der Waals surface area contributed by atoms with E-state index in [4.69, 9.17) is 18.9 Å². The van der Waals surface area contributed by atoms with E-state index < -0.39 is 5.97 Å². The van der Waals surface area contributed by atoms with Crippen molar-refractivity contribution in [3.05, 3.63) is 84.0 Å². The molecule has 200 valence electrons. The summed E-state index contributed by atoms with van der Waals surface area (Å²) in [6.07, 6.45) is 16.5. The third-order valence-electron chi connectivity index (χ3n) is 5.73. The van der Waals surface area contributed by atoms with Crippen molar-refractivity contribution < 1.29 is 142 Å². The summed E-state index contributed by atoms with van der Waals surface area (Å²) in [5.41, 5.74) is 1.93. The minimum absolute atomic E-state index is 0. The SMILES string of the molecule is O=C(/C=C/C=C/c1ccc2c(c1)OCO2)N1CCCCC1.O=C([O-])/C=C/C=C/c1ccc2c(c1)OCO2.[K+].[K+].[OH-]. The van der Waals surface area contributed by atoms with E-state index in [1.165, 1.54) is 12.5 Å². The largest absolute Gasteiger partial charge is 1.00 e. The van der Waals surface area contributed by atoms with Crippen molar-refractivity contribution in [2.24, 2.45) is 0 Å². The Kier molecular flexibility index (Phi) is 18.2. The zero-order valence-electron chi connectivity index (χ0n) is 22.8. The van der Waals surface area contributed by atoms with Gasteiger partial charge in [-0.05, 0) is 60.7 Å². The monoisotopic (exact) mass is 597 g/mol. The summed E-state index contributed by atoms with van der Waals surface area (Å²) in [6, 6.07) is 11.3. The van der Waals surface area contributed by atoms with Crippen molar-refractivity contribution in [1.29, 1.82) is 0 Å². The van der Waals surface area contributed by atoms with Crippen LogP contribution in [-0.4, -0.2) is 48.9 Å². The number of nitrogens with zero attached hydrogens (tertiary/aromatic N) is 1. The minimum atomic E-state index is -1.21. The second-order valence-electron chi connectivity index (χ2n) is 8.37. The van der Waals surface area contributed by atoms with Crippen LogP contribution in [0.2, 0.25) is 0 Å². The van der Waals surface area contributed by atoms with Crippen molar-refractivity contribution in [3.63, 3.8) is 0 Å². The van der Waals surface area contributed by atoms with Gasteiger partial charge in [0.05, 0.1) is 5.97 Å². The maximum atomic E-state index is 11.9. The predicted molar refractivity (Wildman–Crippen MR) is 139 cm³/mol. The summed E-state index contributed by atoms with van der Waals surface area (Å²) < 4.78 is 21.0. The van der Waals surface area contributed by atoms with Gasteiger partial charge in [-0.3, -0.25) is 4.79 Å². The van der Waals surface area contributed by atoms with Gasteiger partial charge in [0.25, 0.3) is 0 Å². The molecule has 40 heavy (non-hydrogen) atoms. The summed E-state index contributed by atoms with van der Waals surface area (Å²) in [6.45, 7) is 2.30. The van der Waals surface area contributed by atoms with Gasteiger partial charge < -0.3 is 39.2 Å². The molecular formula is C29H29K2NO8. The number of aliphatic carboxylic acids is 1. The number of benzene rings is 2. The van der Waals surface area contributed by atoms with Crippen LogP contribution in [0.25, 0.3) is 12.2 Å². The molecule has 0 unspecified atom stereocenters. The quantitative estimate of drug-likeness (QED) is 0.204. The number of carboxylic acid groups (broad SMARTS) is 1. The smallest absolute Gasteiger partial charge is 0.870 e. The molecule has 5 rings (SSSR count). The normalized spacial score (nSPS) is 14.8. The van der Waals surface area contributed by atoms with Crippen LogP contribution in [-0.2, 0) is 9.59 Å². The van der Waals surface area contributed by atoms with Gasteiger partial charge in [-0.2, -0.15) is 0 Å². The first-order chi connectivity index (χ1) is 18.1. The number of carbonyl (C=O) groups is 2. The zero-order chi connectivity index (χ0) is 25.9. The van der Waals surface area contributed by atoms with Gasteiger partial charge in [0.15, 0.2) is 23.0 Å². The van der Waals surface area contributed by atoms with Gasteiger partial charge in [-0.25, -0.2) is 0 Å². The zero-order valence-corrected chi connectivity index (χ0v) is 29.0. The first kappa shape index (κ1) is 36.8. The molecule has 1 fully saturated rings. The first-order valence-electron chi connectivity index (χ1n) is 12.1. The third kappa shape index (κ3) is 11.9. The maximum absolute atomic E-state index is 11.9. The van der Waals surface area contributed by atoms with E-state index >= 15 is 0 Å². The molecule has 2 aromatic rings. The molecule has 3 aliphatic rings. The molecule has 3 aliphatic heterocycles. The van der Waals surface area contributed by atoms with E-state index in [-0.39, 0.29) is 128 Å². The van der Waals surface area contributed by atoms with Gasteiger partial charge in [-0.15, -0.1) is 0 Å². The number of hydrogen-bond donors (Lipinski definition) is 0. The Morgan fingerprint density at radius 2 is 1.15 bits per heavy atom. The molecule has 1 N–H and O–H groups in total. The van der Waals surface area contributed by atoms with Crippen LogP contribution in [0.1, 0.15) is 30.4 Å². The molecule has 1 amide bonds. The first-order valence-corrected chi connectivity index (χ1v) is 12.1. The number of carboxylic acids is 1. The van der Waals surface area contributed by atoms with Gasteiger partial charge in [-0.1, -0.05) is 48.6 Å². The van der Waals surface area contributed by atoms with E-state index in [0.29, 0.717) is 5.75 Å². The molecule has 0 bridgehead atoms. The molecule has 9 nitrogen and oxygen atoms in total. The van der Waals surface area contributed by atoms with Crippen LogP contribution >= 0.6 is 0 Å². The Morgan fingerprint density at radius 1 is 0.675 bits per heavy atom. The molecule has 3 heterocycles. The number of carbonyl (C=O) groups excluding carboxylic acids is 2. The number of hydrogen-bond acceptors (Lipinski definition) is 8. The summed E-state index contributed by atoms with van der Waals surface area (Å²) in [5, 5.41) is 10.1. The molecule has 11 heteroatoms. The van der Waals surface area contributed by atoms with Crippen molar-refractivity contribution in [1.82, 2.24) is 4.90 Å². The average molecular weight is 598 g/mol. The molecule has 0 saturated carbocycles. The van der Waals surface area contributed by atoms with Crippen molar-refractivity contribution in [3.8, 4) is 23.0 Å². The Balaban J connectivity index is 0.000000384. The third-order valence-corrected chi connectivity index (χ3v) is 5.73. The van der Waals surface area contributed by atoms with Crippen molar-refractivity contribution in [2.45, 2.75) is 19.3 Å². The van der Waals surface area contributed by atoms with E-state index in [1.807, 2.05) is 53.5 Å². The molecule has 1 saturated heterocycles. The van der Waals surface area contributed by atoms with Crippen LogP contribution < -0.4 is 127 Å². The molecule has 0 atom stereocenters. The standard InChI is InChI=1S/C17H19NO3.C12H10O4.2K.H2O/c19-17(18-10-4-1-5-11-18)7-3-2-6-14-8-9-15-16(12-14)21-13-20-15;13-12(14)4-2-1-3-9-5-6-10-11(7-9)16-8-15-10;;;/h2-3,6-9,12H,1,4-5,10-11,13H2;1-7H,8H2,(H,13,14);;;1H2/q;;2*+1;/p-2/b6-2+,7-3+;3-1+,4-2+;;;. The summed E-state index contributed by atoms with van der Waals surface area (Å²) in [7, 11) is 0. The van der Waals surface area contributed by atoms with Crippen LogP contribution in [0.4, 0.5) is 0 Å². The van der Waals surface area contributed by atoms with Gasteiger partial charge in [0, 0.05) is 19.2 Å². The average Bonchev–Trinajstić information content (AvgIpc) is 3.58. The Morgan fingerprint density at radius 3 is 1.65 bits per heavy atom. The molecule has 2 aromatic carbocycles. The Hall–Kier alpha value is -1.23. The van der Waals surface area contributed by atoms with Crippen molar-refractivity contribution in [2.75, 3.05) is 26.7 Å². The molecule has 0 spiro atoms. The van der Waals surface area contributed by atoms with Crippen LogP contribution in [0.3, 0.4) is 0 Å². The minimum Gasteiger partial charge on any atom is -0.870 e. The summed E-state index contributed by atoms with van der Waals surface area (Å²) in [4.78, 5) is 23.9. The van der Waals surface area contributed by atoms with E-state index in [9.17, 15) is 14.7 Å². The fourth-order valence-electron chi connectivity index (χ4n) is 3.86. The predicted octanol–water partition coefficient (Wildman–Crippen LogP) is -2.44. The fourth-order valence-corrected chi connectivity index (χ4v) is 3.86. The second-order valence-corrected chi connectivity index (χ2v) is 8.37. The topological polar surface area (TPSA) is 127 Å². The summed E-state index contributed by atoms with van der Waals surface area (Å²) >= 11 is 0. The second kappa shape index (κ2) is 19.8. The Bertz CT molecular complexity index is 1240. The number of ether oxygens (including phenoxy) is 4. The summed E-state index contributed by atoms with van der Waals surface area (Å²) in [5.74, 6) is 1.86. The Labute approximate surface area is 319 Å². The number of allylic oxidation sites excluding steroid dienone is 4. The molecular weight excluding hydrogens is 569 g/mol. The molecule has 0 aromatic heterocycles. The van der Waals surface area contributed by atoms with Crippen LogP contribution in [0.15, 0.2) is 72.9 Å². The van der Waals surface area contributed by atoms with E-state index in [2.05, 4.69) is 0 Å².